The molecule has 6 heteroatoms. The van der Waals surface area contributed by atoms with Gasteiger partial charge in [-0.05, 0) is 67.0 Å². The van der Waals surface area contributed by atoms with E-state index in [0.29, 0.717) is 0 Å². The Kier molecular flexibility index (Phi) is 12.9. The summed E-state index contributed by atoms with van der Waals surface area (Å²) in [7, 11) is 0. The maximum absolute atomic E-state index is 12.2. The standard InChI is InChI=1S/C30H24NS2.C15H28O2.Ir/c1-18-14-20-9-7-11-24(28(20)32-18)26-17-21-12-13-31-27(29(21)33-26)22-15-19-8-5-6-10-23(19)25(16-22)30(2,3)4;1-7-14(5,8-2)12(16)11-13(17)15(6,9-3)10-4;/h5-14,16-17H,1-4H3;11,16H,7-10H2,1-6H3;/q-1;;/b;12-11-;. The van der Waals surface area contributed by atoms with Crippen molar-refractivity contribution in [2.24, 2.45) is 10.8 Å². The van der Waals surface area contributed by atoms with Gasteiger partial charge >= 0.3 is 0 Å². The molecule has 0 saturated carbocycles. The summed E-state index contributed by atoms with van der Waals surface area (Å²) >= 11 is 3.71. The first-order chi connectivity index (χ1) is 23.7. The number of hydrogen-bond donors (Lipinski definition) is 1. The van der Waals surface area contributed by atoms with Crippen molar-refractivity contribution in [3.05, 3.63) is 101 Å². The Labute approximate surface area is 326 Å². The maximum atomic E-state index is 12.2. The number of carbonyl (C=O) groups excluding carboxylic acids is 1. The SMILES string of the molecule is CCC(C)(CC)C(=O)/C=C(\O)C(C)(CC)CC.Cc1cc2cccc(-c3cc4ccnc(-c5[c-]c6ccccc6c(C(C)(C)C)c5)c4s3)c2s1.[Ir]. The second-order valence-corrected chi connectivity index (χ2v) is 17.4. The predicted molar refractivity (Wildman–Crippen MR) is 219 cm³/mol. The van der Waals surface area contributed by atoms with Crippen molar-refractivity contribution in [3.63, 3.8) is 0 Å². The number of fused-ring (bicyclic) bond motifs is 3. The van der Waals surface area contributed by atoms with E-state index in [1.807, 2.05) is 70.4 Å². The summed E-state index contributed by atoms with van der Waals surface area (Å²) in [5, 5.41) is 15.1. The Bertz CT molecular complexity index is 2170. The summed E-state index contributed by atoms with van der Waals surface area (Å²) < 4.78 is 2.59. The van der Waals surface area contributed by atoms with Crippen LogP contribution in [-0.4, -0.2) is 15.9 Å². The maximum Gasteiger partial charge on any atom is 0.164 e. The fraction of sp³-hybridized carbons (Fsp3) is 0.378. The molecule has 0 unspecified atom stereocenters. The third-order valence-corrected chi connectivity index (χ3v) is 13.1. The zero-order valence-electron chi connectivity index (χ0n) is 31.8. The molecule has 6 rings (SSSR count). The average Bonchev–Trinajstić information content (AvgIpc) is 3.73. The number of aliphatic hydroxyl groups excluding tert-OH is 1. The van der Waals surface area contributed by atoms with Crippen LogP contribution in [0.2, 0.25) is 0 Å². The second kappa shape index (κ2) is 16.3. The van der Waals surface area contributed by atoms with Crippen LogP contribution in [0.3, 0.4) is 0 Å². The number of benzene rings is 3. The molecule has 3 heterocycles. The van der Waals surface area contributed by atoms with E-state index in [2.05, 4.69) is 100 Å². The van der Waals surface area contributed by atoms with Crippen LogP contribution in [0.1, 0.15) is 98.4 Å². The monoisotopic (exact) mass is 895 g/mol. The Balaban J connectivity index is 0.000000279. The van der Waals surface area contributed by atoms with Crippen molar-refractivity contribution < 1.29 is 30.0 Å². The van der Waals surface area contributed by atoms with Crippen molar-refractivity contribution in [1.29, 1.82) is 0 Å². The van der Waals surface area contributed by atoms with Crippen LogP contribution in [-0.2, 0) is 30.3 Å². The normalized spacial score (nSPS) is 12.5. The molecule has 6 aromatic rings. The largest absolute Gasteiger partial charge is 0.512 e. The fourth-order valence-corrected chi connectivity index (χ4v) is 8.63. The quantitative estimate of drug-likeness (QED) is 0.0894. The molecule has 0 fully saturated rings. The van der Waals surface area contributed by atoms with Crippen molar-refractivity contribution in [3.8, 4) is 21.7 Å². The van der Waals surface area contributed by atoms with Crippen LogP contribution >= 0.6 is 22.7 Å². The Morgan fingerprint density at radius 2 is 1.45 bits per heavy atom. The summed E-state index contributed by atoms with van der Waals surface area (Å²) in [5.74, 6) is 0.286. The number of pyridine rings is 1. The zero-order valence-corrected chi connectivity index (χ0v) is 35.8. The molecule has 51 heavy (non-hydrogen) atoms. The van der Waals surface area contributed by atoms with E-state index in [0.717, 1.165) is 42.3 Å². The molecule has 3 aromatic heterocycles. The molecule has 0 aliphatic carbocycles. The first-order valence-electron chi connectivity index (χ1n) is 18.0. The minimum atomic E-state index is -0.337. The van der Waals surface area contributed by atoms with Crippen LogP contribution in [0.5, 0.6) is 0 Å². The van der Waals surface area contributed by atoms with E-state index in [1.165, 1.54) is 52.5 Å². The molecule has 0 amide bonds. The van der Waals surface area contributed by atoms with Gasteiger partial charge in [-0.15, -0.1) is 51.8 Å². The number of thiophene rings is 2. The van der Waals surface area contributed by atoms with Gasteiger partial charge in [-0.1, -0.05) is 110 Å². The van der Waals surface area contributed by atoms with E-state index < -0.39 is 0 Å². The van der Waals surface area contributed by atoms with Crippen molar-refractivity contribution in [2.75, 3.05) is 0 Å². The molecule has 0 aliphatic rings. The number of aryl methyl sites for hydroxylation is 1. The van der Waals surface area contributed by atoms with Gasteiger partial charge in [0.2, 0.25) is 0 Å². The van der Waals surface area contributed by atoms with Gasteiger partial charge in [-0.3, -0.25) is 9.78 Å². The van der Waals surface area contributed by atoms with E-state index in [9.17, 15) is 9.90 Å². The van der Waals surface area contributed by atoms with Crippen LogP contribution in [0.25, 0.3) is 52.6 Å². The Hall–Kier alpha value is -3.15. The number of ketones is 1. The number of allylic oxidation sites excluding steroid dienone is 2. The van der Waals surface area contributed by atoms with E-state index >= 15 is 0 Å². The number of rotatable bonds is 9. The zero-order chi connectivity index (χ0) is 36.4. The van der Waals surface area contributed by atoms with E-state index in [4.69, 9.17) is 4.98 Å². The number of aromatic nitrogens is 1. The molecular formula is C45H52IrNO2S2-. The molecule has 3 nitrogen and oxygen atoms in total. The molecule has 271 valence electrons. The fourth-order valence-electron chi connectivity index (χ4n) is 6.34. The van der Waals surface area contributed by atoms with Crippen LogP contribution in [0, 0.1) is 23.8 Å². The predicted octanol–water partition coefficient (Wildman–Crippen LogP) is 14.1. The molecule has 0 spiro atoms. The summed E-state index contributed by atoms with van der Waals surface area (Å²) in [6, 6.07) is 27.9. The molecule has 0 bridgehead atoms. The van der Waals surface area contributed by atoms with Gasteiger partial charge in [0.15, 0.2) is 5.78 Å². The molecular weight excluding hydrogens is 843 g/mol. The molecule has 0 atom stereocenters. The molecule has 1 N–H and O–H groups in total. The molecule has 3 aromatic carbocycles. The smallest absolute Gasteiger partial charge is 0.164 e. The van der Waals surface area contributed by atoms with Gasteiger partial charge < -0.3 is 5.11 Å². The third-order valence-electron chi connectivity index (χ3n) is 10.8. The van der Waals surface area contributed by atoms with Crippen molar-refractivity contribution >= 4 is 59.4 Å². The number of hydrogen-bond acceptors (Lipinski definition) is 5. The Morgan fingerprint density at radius 3 is 2.10 bits per heavy atom. The van der Waals surface area contributed by atoms with Gasteiger partial charge in [0.1, 0.15) is 5.76 Å². The first-order valence-corrected chi connectivity index (χ1v) is 19.6. The van der Waals surface area contributed by atoms with Gasteiger partial charge in [-0.2, -0.15) is 0 Å². The minimum absolute atomic E-state index is 0. The van der Waals surface area contributed by atoms with Crippen molar-refractivity contribution in [1.82, 2.24) is 4.98 Å². The van der Waals surface area contributed by atoms with Crippen molar-refractivity contribution in [2.45, 2.75) is 100 Å². The van der Waals surface area contributed by atoms with E-state index in [1.54, 1.807) is 0 Å². The molecule has 0 aliphatic heterocycles. The number of aliphatic hydroxyl groups is 1. The van der Waals surface area contributed by atoms with E-state index in [-0.39, 0.29) is 47.9 Å². The number of nitrogens with zero attached hydrogens (tertiary/aromatic N) is 1. The average molecular weight is 895 g/mol. The summed E-state index contributed by atoms with van der Waals surface area (Å²) in [5.41, 5.74) is 4.17. The third kappa shape index (κ3) is 8.41. The first kappa shape index (κ1) is 40.6. The van der Waals surface area contributed by atoms with Gasteiger partial charge in [0.05, 0.1) is 0 Å². The molecule has 1 radical (unpaired) electrons. The minimum Gasteiger partial charge on any atom is -0.512 e. The topological polar surface area (TPSA) is 50.2 Å². The Morgan fingerprint density at radius 1 is 0.804 bits per heavy atom. The summed E-state index contributed by atoms with van der Waals surface area (Å²) in [6.07, 6.45) is 6.69. The van der Waals surface area contributed by atoms with Crippen LogP contribution in [0.4, 0.5) is 0 Å². The van der Waals surface area contributed by atoms with Gasteiger partial charge in [-0.25, -0.2) is 0 Å². The summed E-state index contributed by atoms with van der Waals surface area (Å²) in [6.45, 7) is 21.1. The van der Waals surface area contributed by atoms with Crippen LogP contribution in [0.15, 0.2) is 84.8 Å². The van der Waals surface area contributed by atoms with Gasteiger partial charge in [0.25, 0.3) is 0 Å². The summed E-state index contributed by atoms with van der Waals surface area (Å²) in [4.78, 5) is 19.7. The van der Waals surface area contributed by atoms with Crippen LogP contribution < -0.4 is 0 Å². The number of carbonyl (C=O) groups is 1. The second-order valence-electron chi connectivity index (χ2n) is 15.1. The van der Waals surface area contributed by atoms with Gasteiger partial charge in [0, 0.05) is 73.6 Å². The molecule has 0 saturated heterocycles.